The molecular formula is C26H37F3N4O3. The van der Waals surface area contributed by atoms with Crippen molar-refractivity contribution in [3.8, 4) is 5.88 Å². The highest BCUT2D eigenvalue weighted by Crippen LogP contribution is 2.38. The van der Waals surface area contributed by atoms with Crippen LogP contribution in [-0.2, 0) is 11.2 Å². The van der Waals surface area contributed by atoms with Gasteiger partial charge in [-0.15, -0.1) is 0 Å². The lowest BCUT2D eigenvalue weighted by molar-refractivity contribution is -0.143. The molecule has 2 aliphatic rings. The van der Waals surface area contributed by atoms with E-state index in [1.54, 1.807) is 20.2 Å². The molecule has 36 heavy (non-hydrogen) atoms. The molecule has 4 rings (SSSR count). The smallest absolute Gasteiger partial charge is 0.389 e. The normalized spacial score (nSPS) is 23.2. The molecule has 1 aliphatic carbocycles. The van der Waals surface area contributed by atoms with Gasteiger partial charge in [0.05, 0.1) is 23.6 Å². The number of fused-ring (bicyclic) bond motifs is 1. The van der Waals surface area contributed by atoms with E-state index in [4.69, 9.17) is 14.5 Å². The first-order chi connectivity index (χ1) is 17.2. The number of methoxy groups -OCH3 is 1. The Morgan fingerprint density at radius 1 is 1.08 bits per heavy atom. The van der Waals surface area contributed by atoms with Crippen molar-refractivity contribution in [2.45, 2.75) is 82.6 Å². The number of alkyl halides is 3. The zero-order chi connectivity index (χ0) is 25.7. The van der Waals surface area contributed by atoms with Crippen molar-refractivity contribution in [3.05, 3.63) is 23.8 Å². The van der Waals surface area contributed by atoms with Crippen molar-refractivity contribution < 1.29 is 27.8 Å². The minimum atomic E-state index is -4.21. The summed E-state index contributed by atoms with van der Waals surface area (Å²) in [6.07, 6.45) is 3.11. The zero-order valence-corrected chi connectivity index (χ0v) is 21.1. The Morgan fingerprint density at radius 2 is 1.81 bits per heavy atom. The maximum atomic E-state index is 12.9. The standard InChI is InChI=1S/C26H37F3N4O3/c1-17(14-26(27,28)29)13-23-30-16-22-24(32-23)21(18-3-5-19(34)6-4-18)15-31-25(22)36-20-7-9-33(10-8-20)11-12-35-2/h15-20,34H,3-14H2,1-2H3/t17-,18?,19?/m1/s1. The molecule has 0 aromatic carbocycles. The molecule has 0 spiro atoms. The van der Waals surface area contributed by atoms with Crippen molar-refractivity contribution in [2.75, 3.05) is 33.4 Å². The van der Waals surface area contributed by atoms with Crippen molar-refractivity contribution in [3.63, 3.8) is 0 Å². The number of piperidine rings is 1. The first-order valence-electron chi connectivity index (χ1n) is 13.0. The largest absolute Gasteiger partial charge is 0.474 e. The molecule has 10 heteroatoms. The van der Waals surface area contributed by atoms with Gasteiger partial charge in [-0.2, -0.15) is 13.2 Å². The maximum absolute atomic E-state index is 12.9. The summed E-state index contributed by atoms with van der Waals surface area (Å²) in [6, 6.07) is 0. The van der Waals surface area contributed by atoms with E-state index in [1.807, 2.05) is 6.20 Å². The Morgan fingerprint density at radius 3 is 2.47 bits per heavy atom. The number of hydrogen-bond acceptors (Lipinski definition) is 7. The number of hydrogen-bond donors (Lipinski definition) is 1. The van der Waals surface area contributed by atoms with Crippen LogP contribution in [0.1, 0.15) is 69.2 Å². The number of aliphatic hydroxyl groups is 1. The molecule has 0 unspecified atom stereocenters. The van der Waals surface area contributed by atoms with E-state index in [0.29, 0.717) is 42.1 Å². The topological polar surface area (TPSA) is 80.6 Å². The molecule has 0 bridgehead atoms. The summed E-state index contributed by atoms with van der Waals surface area (Å²) in [6.45, 7) is 5.03. The van der Waals surface area contributed by atoms with E-state index in [-0.39, 0.29) is 24.5 Å². The number of ether oxygens (including phenoxy) is 2. The van der Waals surface area contributed by atoms with Crippen molar-refractivity contribution >= 4 is 10.9 Å². The molecule has 1 atom stereocenters. The van der Waals surface area contributed by atoms with Gasteiger partial charge < -0.3 is 19.5 Å². The van der Waals surface area contributed by atoms with Crippen LogP contribution in [0.15, 0.2) is 12.4 Å². The minimum Gasteiger partial charge on any atom is -0.474 e. The van der Waals surface area contributed by atoms with Gasteiger partial charge in [0, 0.05) is 57.5 Å². The van der Waals surface area contributed by atoms with E-state index in [9.17, 15) is 18.3 Å². The summed E-state index contributed by atoms with van der Waals surface area (Å²) < 4.78 is 50.1. The van der Waals surface area contributed by atoms with Crippen LogP contribution in [0.2, 0.25) is 0 Å². The van der Waals surface area contributed by atoms with Gasteiger partial charge in [-0.1, -0.05) is 6.92 Å². The molecule has 200 valence electrons. The van der Waals surface area contributed by atoms with Gasteiger partial charge >= 0.3 is 6.18 Å². The van der Waals surface area contributed by atoms with Crippen LogP contribution in [0.3, 0.4) is 0 Å². The molecule has 0 amide bonds. The molecule has 2 fully saturated rings. The molecule has 1 saturated carbocycles. The Labute approximate surface area is 210 Å². The molecule has 0 radical (unpaired) electrons. The van der Waals surface area contributed by atoms with E-state index in [0.717, 1.165) is 50.9 Å². The fraction of sp³-hybridized carbons (Fsp3) is 0.731. The zero-order valence-electron chi connectivity index (χ0n) is 21.1. The predicted octanol–water partition coefficient (Wildman–Crippen LogP) is 4.66. The van der Waals surface area contributed by atoms with Crippen molar-refractivity contribution in [1.29, 1.82) is 0 Å². The van der Waals surface area contributed by atoms with Crippen LogP contribution in [0, 0.1) is 5.92 Å². The molecular weight excluding hydrogens is 473 g/mol. The number of nitrogens with zero attached hydrogens (tertiary/aromatic N) is 4. The second-order valence-corrected chi connectivity index (χ2v) is 10.4. The highest BCUT2D eigenvalue weighted by Gasteiger charge is 2.31. The van der Waals surface area contributed by atoms with E-state index < -0.39 is 18.5 Å². The molecule has 1 saturated heterocycles. The van der Waals surface area contributed by atoms with Gasteiger partial charge in [0.15, 0.2) is 0 Å². The van der Waals surface area contributed by atoms with Crippen LogP contribution in [0.4, 0.5) is 13.2 Å². The van der Waals surface area contributed by atoms with E-state index in [2.05, 4.69) is 14.9 Å². The fourth-order valence-electron chi connectivity index (χ4n) is 5.34. The first kappa shape index (κ1) is 27.0. The summed E-state index contributed by atoms with van der Waals surface area (Å²) in [5, 5.41) is 10.7. The molecule has 2 aromatic rings. The highest BCUT2D eigenvalue weighted by molar-refractivity contribution is 5.85. The van der Waals surface area contributed by atoms with Crippen molar-refractivity contribution in [2.24, 2.45) is 5.92 Å². The van der Waals surface area contributed by atoms with Crippen LogP contribution < -0.4 is 4.74 Å². The summed E-state index contributed by atoms with van der Waals surface area (Å²) in [5.41, 5.74) is 1.67. The molecule has 1 aliphatic heterocycles. The van der Waals surface area contributed by atoms with Gasteiger partial charge in [-0.3, -0.25) is 0 Å². The molecule has 1 N–H and O–H groups in total. The maximum Gasteiger partial charge on any atom is 0.389 e. The monoisotopic (exact) mass is 510 g/mol. The van der Waals surface area contributed by atoms with Crippen molar-refractivity contribution in [1.82, 2.24) is 19.9 Å². The SMILES string of the molecule is COCCN1CCC(Oc2ncc(C3CCC(O)CC3)c3nc(C[C@@H](C)CC(F)(F)F)ncc23)CC1. The van der Waals surface area contributed by atoms with Crippen LogP contribution >= 0.6 is 0 Å². The number of likely N-dealkylation sites (tertiary alicyclic amines) is 1. The lowest BCUT2D eigenvalue weighted by Crippen LogP contribution is -2.39. The van der Waals surface area contributed by atoms with Crippen LogP contribution in [-0.4, -0.2) is 76.7 Å². The number of aromatic nitrogens is 3. The lowest BCUT2D eigenvalue weighted by Gasteiger charge is -2.32. The third-order valence-corrected chi connectivity index (χ3v) is 7.34. The van der Waals surface area contributed by atoms with Gasteiger partial charge in [-0.25, -0.2) is 15.0 Å². The summed E-state index contributed by atoms with van der Waals surface area (Å²) in [5.74, 6) is 0.461. The first-order valence-corrected chi connectivity index (χ1v) is 13.0. The molecule has 7 nitrogen and oxygen atoms in total. The lowest BCUT2D eigenvalue weighted by atomic mass is 9.82. The number of pyridine rings is 1. The third-order valence-electron chi connectivity index (χ3n) is 7.34. The van der Waals surface area contributed by atoms with Gasteiger partial charge in [-0.05, 0) is 50.4 Å². The summed E-state index contributed by atoms with van der Waals surface area (Å²) in [7, 11) is 1.70. The minimum absolute atomic E-state index is 0.0293. The number of halogens is 3. The second kappa shape index (κ2) is 12.0. The molecule has 3 heterocycles. The van der Waals surface area contributed by atoms with E-state index >= 15 is 0 Å². The third kappa shape index (κ3) is 7.26. The quantitative estimate of drug-likeness (QED) is 0.525. The number of aliphatic hydroxyl groups excluding tert-OH is 1. The average molecular weight is 511 g/mol. The number of rotatable bonds is 9. The second-order valence-electron chi connectivity index (χ2n) is 10.4. The highest BCUT2D eigenvalue weighted by atomic mass is 19.4. The van der Waals surface area contributed by atoms with Gasteiger partial charge in [0.25, 0.3) is 0 Å². The van der Waals surface area contributed by atoms with Crippen LogP contribution in [0.5, 0.6) is 5.88 Å². The van der Waals surface area contributed by atoms with E-state index in [1.165, 1.54) is 0 Å². The van der Waals surface area contributed by atoms with Gasteiger partial charge in [0.1, 0.15) is 11.9 Å². The average Bonchev–Trinajstić information content (AvgIpc) is 2.83. The summed E-state index contributed by atoms with van der Waals surface area (Å²) >= 11 is 0. The Hall–Kier alpha value is -2.04. The van der Waals surface area contributed by atoms with Crippen LogP contribution in [0.25, 0.3) is 10.9 Å². The Balaban J connectivity index is 1.56. The Bertz CT molecular complexity index is 990. The predicted molar refractivity (Wildman–Crippen MR) is 130 cm³/mol. The molecule has 2 aromatic heterocycles. The van der Waals surface area contributed by atoms with Gasteiger partial charge in [0.2, 0.25) is 5.88 Å². The fourth-order valence-corrected chi connectivity index (χ4v) is 5.34. The Kier molecular flexibility index (Phi) is 9.00. The summed E-state index contributed by atoms with van der Waals surface area (Å²) in [4.78, 5) is 16.2.